The topological polar surface area (TPSA) is 76.1 Å². The van der Waals surface area contributed by atoms with Crippen molar-refractivity contribution in [1.82, 2.24) is 9.97 Å². The lowest BCUT2D eigenvalue weighted by Crippen LogP contribution is -2.17. The molecule has 0 aliphatic heterocycles. The molecule has 0 bridgehead atoms. The number of amides is 1. The van der Waals surface area contributed by atoms with E-state index in [-0.39, 0.29) is 5.91 Å². The fraction of sp³-hybridized carbons (Fsp3) is 0.227. The molecule has 0 atom stereocenters. The molecule has 144 valence electrons. The van der Waals surface area contributed by atoms with E-state index in [4.69, 9.17) is 4.74 Å². The van der Waals surface area contributed by atoms with Gasteiger partial charge >= 0.3 is 0 Å². The number of aromatic nitrogens is 2. The van der Waals surface area contributed by atoms with Gasteiger partial charge in [0.2, 0.25) is 5.95 Å². The van der Waals surface area contributed by atoms with Crippen LogP contribution in [0.1, 0.15) is 34.1 Å². The maximum absolute atomic E-state index is 12.7. The molecule has 1 amide bonds. The van der Waals surface area contributed by atoms with Gasteiger partial charge in [0.25, 0.3) is 5.91 Å². The van der Waals surface area contributed by atoms with Crippen LogP contribution >= 0.6 is 0 Å². The molecule has 3 aromatic rings. The van der Waals surface area contributed by atoms with Crippen molar-refractivity contribution in [1.29, 1.82) is 0 Å². The van der Waals surface area contributed by atoms with Gasteiger partial charge in [-0.15, -0.1) is 0 Å². The molecular formula is C22H24N4O2. The van der Waals surface area contributed by atoms with E-state index in [0.29, 0.717) is 18.2 Å². The highest BCUT2D eigenvalue weighted by atomic mass is 16.5. The van der Waals surface area contributed by atoms with E-state index in [1.807, 2.05) is 49.4 Å². The van der Waals surface area contributed by atoms with E-state index in [1.165, 1.54) is 0 Å². The maximum atomic E-state index is 12.7. The Morgan fingerprint density at radius 1 is 1.11 bits per heavy atom. The zero-order valence-corrected chi connectivity index (χ0v) is 16.3. The molecule has 1 heterocycles. The van der Waals surface area contributed by atoms with Crippen LogP contribution in [0, 0.1) is 6.92 Å². The molecule has 0 spiro atoms. The van der Waals surface area contributed by atoms with Gasteiger partial charge in [-0.05, 0) is 48.2 Å². The minimum absolute atomic E-state index is 0.251. The quantitative estimate of drug-likeness (QED) is 0.646. The van der Waals surface area contributed by atoms with Crippen molar-refractivity contribution < 1.29 is 9.53 Å². The van der Waals surface area contributed by atoms with Gasteiger partial charge in [-0.25, -0.2) is 9.97 Å². The van der Waals surface area contributed by atoms with Gasteiger partial charge in [0.1, 0.15) is 11.4 Å². The first-order valence-electron chi connectivity index (χ1n) is 9.20. The van der Waals surface area contributed by atoms with Crippen LogP contribution < -0.4 is 15.4 Å². The van der Waals surface area contributed by atoms with Crippen LogP contribution in [-0.2, 0) is 13.0 Å². The summed E-state index contributed by atoms with van der Waals surface area (Å²) in [6.07, 6.45) is 2.42. The molecule has 0 aliphatic carbocycles. The van der Waals surface area contributed by atoms with Crippen LogP contribution in [0.3, 0.4) is 0 Å². The number of carbonyl (C=O) groups excluding carboxylic acids is 1. The van der Waals surface area contributed by atoms with E-state index in [9.17, 15) is 4.79 Å². The van der Waals surface area contributed by atoms with Crippen molar-refractivity contribution in [3.8, 4) is 5.75 Å². The largest absolute Gasteiger partial charge is 0.497 e. The van der Waals surface area contributed by atoms with E-state index in [1.54, 1.807) is 19.4 Å². The first-order valence-corrected chi connectivity index (χ1v) is 9.20. The second-order valence-electron chi connectivity index (χ2n) is 6.38. The van der Waals surface area contributed by atoms with Crippen molar-refractivity contribution in [2.45, 2.75) is 26.8 Å². The maximum Gasteiger partial charge on any atom is 0.274 e. The molecule has 0 unspecified atom stereocenters. The van der Waals surface area contributed by atoms with Gasteiger partial charge in [0, 0.05) is 18.4 Å². The monoisotopic (exact) mass is 376 g/mol. The lowest BCUT2D eigenvalue weighted by atomic mass is 10.1. The van der Waals surface area contributed by atoms with E-state index >= 15 is 0 Å². The number of anilines is 2. The fourth-order valence-electron chi connectivity index (χ4n) is 2.87. The minimum Gasteiger partial charge on any atom is -0.497 e. The van der Waals surface area contributed by atoms with Gasteiger partial charge in [-0.2, -0.15) is 0 Å². The zero-order valence-electron chi connectivity index (χ0n) is 16.3. The summed E-state index contributed by atoms with van der Waals surface area (Å²) in [5.74, 6) is 0.962. The highest BCUT2D eigenvalue weighted by molar-refractivity contribution is 6.03. The van der Waals surface area contributed by atoms with E-state index in [0.717, 1.165) is 34.5 Å². The number of aryl methyl sites for hydroxylation is 2. The van der Waals surface area contributed by atoms with E-state index < -0.39 is 0 Å². The Labute approximate surface area is 165 Å². The number of hydrogen-bond donors (Lipinski definition) is 2. The number of nitrogens with one attached hydrogen (secondary N) is 2. The average molecular weight is 376 g/mol. The van der Waals surface area contributed by atoms with Crippen LogP contribution in [-0.4, -0.2) is 23.0 Å². The summed E-state index contributed by atoms with van der Waals surface area (Å²) in [6.45, 7) is 4.60. The molecule has 28 heavy (non-hydrogen) atoms. The van der Waals surface area contributed by atoms with E-state index in [2.05, 4.69) is 27.5 Å². The standard InChI is InChI=1S/C22H24N4O2/c1-4-17-7-5-6-15(2)20(17)26-21(27)19-12-13-23-22(25-19)24-14-16-8-10-18(28-3)11-9-16/h5-13H,4,14H2,1-3H3,(H,26,27)(H,23,24,25). The Hall–Kier alpha value is -3.41. The predicted molar refractivity (Wildman–Crippen MR) is 111 cm³/mol. The van der Waals surface area contributed by atoms with Gasteiger partial charge in [0.05, 0.1) is 7.11 Å². The molecule has 0 aliphatic rings. The molecule has 1 aromatic heterocycles. The first kappa shape index (κ1) is 19.4. The second kappa shape index (κ2) is 8.99. The van der Waals surface area contributed by atoms with Crippen molar-refractivity contribution in [3.05, 3.63) is 77.1 Å². The summed E-state index contributed by atoms with van der Waals surface area (Å²) in [4.78, 5) is 21.2. The van der Waals surface area contributed by atoms with Gasteiger partial charge in [-0.1, -0.05) is 37.3 Å². The molecule has 0 radical (unpaired) electrons. The molecule has 2 aromatic carbocycles. The van der Waals surface area contributed by atoms with Crippen LogP contribution in [0.5, 0.6) is 5.75 Å². The molecule has 6 nitrogen and oxygen atoms in total. The lowest BCUT2D eigenvalue weighted by Gasteiger charge is -2.13. The third-order valence-electron chi connectivity index (χ3n) is 4.48. The third kappa shape index (κ3) is 4.65. The Balaban J connectivity index is 1.69. The van der Waals surface area contributed by atoms with Crippen LogP contribution in [0.2, 0.25) is 0 Å². The van der Waals surface area contributed by atoms with Gasteiger partial charge in [0.15, 0.2) is 0 Å². The minimum atomic E-state index is -0.251. The smallest absolute Gasteiger partial charge is 0.274 e. The zero-order chi connectivity index (χ0) is 19.9. The number of nitrogens with zero attached hydrogens (tertiary/aromatic N) is 2. The highest BCUT2D eigenvalue weighted by Crippen LogP contribution is 2.21. The fourth-order valence-corrected chi connectivity index (χ4v) is 2.87. The first-order chi connectivity index (χ1) is 13.6. The van der Waals surface area contributed by atoms with Crippen molar-refractivity contribution >= 4 is 17.5 Å². The number of rotatable bonds is 7. The SMILES string of the molecule is CCc1cccc(C)c1NC(=O)c1ccnc(NCc2ccc(OC)cc2)n1. The summed E-state index contributed by atoms with van der Waals surface area (Å²) in [5.41, 5.74) is 4.35. The third-order valence-corrected chi connectivity index (χ3v) is 4.48. The normalized spacial score (nSPS) is 10.4. The lowest BCUT2D eigenvalue weighted by molar-refractivity contribution is 0.102. The number of para-hydroxylation sites is 1. The molecule has 2 N–H and O–H groups in total. The Kier molecular flexibility index (Phi) is 6.22. The summed E-state index contributed by atoms with van der Waals surface area (Å²) in [6, 6.07) is 15.3. The van der Waals surface area contributed by atoms with Crippen LogP contribution in [0.25, 0.3) is 0 Å². The summed E-state index contributed by atoms with van der Waals surface area (Å²) < 4.78 is 5.16. The molecular weight excluding hydrogens is 352 g/mol. The summed E-state index contributed by atoms with van der Waals surface area (Å²) in [5, 5.41) is 6.14. The summed E-state index contributed by atoms with van der Waals surface area (Å²) in [7, 11) is 1.64. The van der Waals surface area contributed by atoms with Crippen LogP contribution in [0.4, 0.5) is 11.6 Å². The summed E-state index contributed by atoms with van der Waals surface area (Å²) >= 11 is 0. The van der Waals surface area contributed by atoms with Gasteiger partial charge in [-0.3, -0.25) is 4.79 Å². The number of methoxy groups -OCH3 is 1. The van der Waals surface area contributed by atoms with Crippen molar-refractivity contribution in [2.75, 3.05) is 17.7 Å². The molecule has 3 rings (SSSR count). The average Bonchev–Trinajstić information content (AvgIpc) is 2.74. The Morgan fingerprint density at radius 3 is 2.61 bits per heavy atom. The number of ether oxygens (including phenoxy) is 1. The van der Waals surface area contributed by atoms with Crippen molar-refractivity contribution in [2.24, 2.45) is 0 Å². The van der Waals surface area contributed by atoms with Gasteiger partial charge < -0.3 is 15.4 Å². The molecule has 0 saturated heterocycles. The Bertz CT molecular complexity index is 955. The molecule has 0 fully saturated rings. The number of hydrogen-bond acceptors (Lipinski definition) is 5. The number of carbonyl (C=O) groups is 1. The number of benzene rings is 2. The predicted octanol–water partition coefficient (Wildman–Crippen LogP) is 4.22. The van der Waals surface area contributed by atoms with Crippen LogP contribution in [0.15, 0.2) is 54.7 Å². The molecule has 0 saturated carbocycles. The molecule has 6 heteroatoms. The highest BCUT2D eigenvalue weighted by Gasteiger charge is 2.13. The Morgan fingerprint density at radius 2 is 1.89 bits per heavy atom. The van der Waals surface area contributed by atoms with Crippen molar-refractivity contribution in [3.63, 3.8) is 0 Å². The second-order valence-corrected chi connectivity index (χ2v) is 6.38.